The number of halogens is 2. The molecule has 112 valence electrons. The maximum atomic E-state index is 6.26. The maximum Gasteiger partial charge on any atom is 0.141 e. The molecule has 1 heterocycles. The first-order valence-electron chi connectivity index (χ1n) is 7.24. The van der Waals surface area contributed by atoms with Gasteiger partial charge in [0.1, 0.15) is 5.75 Å². The summed E-state index contributed by atoms with van der Waals surface area (Å²) < 4.78 is 5.79. The molecule has 1 aromatic carbocycles. The van der Waals surface area contributed by atoms with Gasteiger partial charge in [-0.05, 0) is 30.5 Å². The van der Waals surface area contributed by atoms with Crippen molar-refractivity contribution in [3.63, 3.8) is 0 Å². The van der Waals surface area contributed by atoms with E-state index in [1.807, 2.05) is 6.07 Å². The average Bonchev–Trinajstić information content (AvgIpc) is 2.45. The number of piperazine rings is 1. The number of nitrogens with one attached hydrogen (secondary N) is 1. The lowest BCUT2D eigenvalue weighted by atomic mass is 10.1. The summed E-state index contributed by atoms with van der Waals surface area (Å²) in [5, 5.41) is 4.65. The van der Waals surface area contributed by atoms with E-state index in [1.54, 1.807) is 6.07 Å². The highest BCUT2D eigenvalue weighted by molar-refractivity contribution is 6.35. The van der Waals surface area contributed by atoms with Crippen molar-refractivity contribution in [2.75, 3.05) is 39.3 Å². The zero-order valence-corrected chi connectivity index (χ0v) is 13.4. The zero-order valence-electron chi connectivity index (χ0n) is 11.9. The van der Waals surface area contributed by atoms with Crippen LogP contribution in [0, 0.1) is 0 Å². The van der Waals surface area contributed by atoms with Crippen LogP contribution in [0.4, 0.5) is 0 Å². The quantitative estimate of drug-likeness (QED) is 0.872. The molecule has 1 N–H and O–H groups in total. The van der Waals surface area contributed by atoms with Crippen LogP contribution in [-0.2, 0) is 6.42 Å². The van der Waals surface area contributed by atoms with E-state index in [-0.39, 0.29) is 0 Å². The van der Waals surface area contributed by atoms with Gasteiger partial charge in [-0.15, -0.1) is 0 Å². The molecular formula is C15H22Cl2N2O. The molecule has 0 radical (unpaired) electrons. The van der Waals surface area contributed by atoms with Crippen molar-refractivity contribution >= 4 is 23.2 Å². The zero-order chi connectivity index (χ0) is 14.4. The highest BCUT2D eigenvalue weighted by Crippen LogP contribution is 2.33. The summed E-state index contributed by atoms with van der Waals surface area (Å²) >= 11 is 12.4. The summed E-state index contributed by atoms with van der Waals surface area (Å²) in [4.78, 5) is 2.45. The molecule has 0 unspecified atom stereocenters. The molecule has 0 atom stereocenters. The van der Waals surface area contributed by atoms with E-state index in [0.29, 0.717) is 16.7 Å². The minimum Gasteiger partial charge on any atom is -0.492 e. The molecule has 0 saturated carbocycles. The third-order valence-electron chi connectivity index (χ3n) is 3.44. The summed E-state index contributed by atoms with van der Waals surface area (Å²) in [6.45, 7) is 8.11. The predicted octanol–water partition coefficient (Wildman–Crippen LogP) is 3.23. The minimum absolute atomic E-state index is 0.612. The fourth-order valence-corrected chi connectivity index (χ4v) is 2.97. The molecule has 2 rings (SSSR count). The number of hydrogen-bond acceptors (Lipinski definition) is 3. The SMILES string of the molecule is CCCOc1c(Cl)cc(Cl)cc1CCN1CCNCC1. The Morgan fingerprint density at radius 2 is 2.00 bits per heavy atom. The molecule has 0 amide bonds. The maximum absolute atomic E-state index is 6.26. The van der Waals surface area contributed by atoms with Crippen molar-refractivity contribution in [1.29, 1.82) is 0 Å². The summed E-state index contributed by atoms with van der Waals surface area (Å²) in [5.41, 5.74) is 1.11. The van der Waals surface area contributed by atoms with Crippen LogP contribution >= 0.6 is 23.2 Å². The average molecular weight is 317 g/mol. The monoisotopic (exact) mass is 316 g/mol. The Morgan fingerprint density at radius 3 is 2.70 bits per heavy atom. The molecule has 1 aromatic rings. The van der Waals surface area contributed by atoms with Crippen LogP contribution in [0.15, 0.2) is 12.1 Å². The van der Waals surface area contributed by atoms with Crippen molar-refractivity contribution in [3.8, 4) is 5.75 Å². The van der Waals surface area contributed by atoms with E-state index in [1.165, 1.54) is 0 Å². The van der Waals surface area contributed by atoms with Gasteiger partial charge in [0.15, 0.2) is 0 Å². The number of rotatable bonds is 6. The minimum atomic E-state index is 0.612. The third kappa shape index (κ3) is 4.52. The second kappa shape index (κ2) is 8.08. The first-order valence-corrected chi connectivity index (χ1v) is 8.00. The van der Waals surface area contributed by atoms with Crippen molar-refractivity contribution < 1.29 is 4.74 Å². The molecule has 0 aliphatic carbocycles. The van der Waals surface area contributed by atoms with E-state index < -0.39 is 0 Å². The van der Waals surface area contributed by atoms with Gasteiger partial charge in [-0.1, -0.05) is 30.1 Å². The molecule has 3 nitrogen and oxygen atoms in total. The Labute approximate surface area is 131 Å². The fourth-order valence-electron chi connectivity index (χ4n) is 2.38. The Balaban J connectivity index is 2.03. The van der Waals surface area contributed by atoms with Gasteiger partial charge in [0.2, 0.25) is 0 Å². The molecule has 5 heteroatoms. The smallest absolute Gasteiger partial charge is 0.141 e. The second-order valence-electron chi connectivity index (χ2n) is 5.07. The van der Waals surface area contributed by atoms with Crippen molar-refractivity contribution in [1.82, 2.24) is 10.2 Å². The number of ether oxygens (including phenoxy) is 1. The van der Waals surface area contributed by atoms with Gasteiger partial charge >= 0.3 is 0 Å². The summed E-state index contributed by atoms with van der Waals surface area (Å²) in [5.74, 6) is 0.799. The first kappa shape index (κ1) is 15.9. The highest BCUT2D eigenvalue weighted by Gasteiger charge is 2.14. The van der Waals surface area contributed by atoms with Gasteiger partial charge in [-0.25, -0.2) is 0 Å². The molecule has 0 aromatic heterocycles. The first-order chi connectivity index (χ1) is 9.70. The van der Waals surface area contributed by atoms with Crippen LogP contribution in [0.2, 0.25) is 10.0 Å². The van der Waals surface area contributed by atoms with E-state index in [4.69, 9.17) is 27.9 Å². The topological polar surface area (TPSA) is 24.5 Å². The van der Waals surface area contributed by atoms with Crippen LogP contribution < -0.4 is 10.1 Å². The largest absolute Gasteiger partial charge is 0.492 e. The standard InChI is InChI=1S/C15H22Cl2N2O/c1-2-9-20-15-12(10-13(16)11-14(15)17)3-6-19-7-4-18-5-8-19/h10-11,18H,2-9H2,1H3. The molecule has 1 aliphatic rings. The number of nitrogens with zero attached hydrogens (tertiary/aromatic N) is 1. The van der Waals surface area contributed by atoms with Crippen molar-refractivity contribution in [2.24, 2.45) is 0 Å². The molecular weight excluding hydrogens is 295 g/mol. The second-order valence-corrected chi connectivity index (χ2v) is 5.91. The van der Waals surface area contributed by atoms with Gasteiger partial charge in [0.05, 0.1) is 11.6 Å². The van der Waals surface area contributed by atoms with Crippen LogP contribution in [0.3, 0.4) is 0 Å². The normalized spacial score (nSPS) is 16.4. The lowest BCUT2D eigenvalue weighted by Crippen LogP contribution is -2.44. The Bertz CT molecular complexity index is 434. The molecule has 0 spiro atoms. The Morgan fingerprint density at radius 1 is 1.25 bits per heavy atom. The van der Waals surface area contributed by atoms with Crippen LogP contribution in [-0.4, -0.2) is 44.2 Å². The number of benzene rings is 1. The number of hydrogen-bond donors (Lipinski definition) is 1. The third-order valence-corrected chi connectivity index (χ3v) is 3.94. The molecule has 20 heavy (non-hydrogen) atoms. The molecule has 0 bridgehead atoms. The van der Waals surface area contributed by atoms with Crippen LogP contribution in [0.25, 0.3) is 0 Å². The van der Waals surface area contributed by atoms with E-state index in [0.717, 1.165) is 56.9 Å². The summed E-state index contributed by atoms with van der Waals surface area (Å²) in [7, 11) is 0. The van der Waals surface area contributed by atoms with Gasteiger partial charge in [0, 0.05) is 37.7 Å². The highest BCUT2D eigenvalue weighted by atomic mass is 35.5. The molecule has 1 fully saturated rings. The van der Waals surface area contributed by atoms with Crippen molar-refractivity contribution in [3.05, 3.63) is 27.7 Å². The van der Waals surface area contributed by atoms with E-state index in [9.17, 15) is 0 Å². The lowest BCUT2D eigenvalue weighted by Gasteiger charge is -2.27. The Kier molecular flexibility index (Phi) is 6.43. The van der Waals surface area contributed by atoms with Gasteiger partial charge in [0.25, 0.3) is 0 Å². The van der Waals surface area contributed by atoms with Gasteiger partial charge < -0.3 is 15.0 Å². The van der Waals surface area contributed by atoms with Crippen LogP contribution in [0.1, 0.15) is 18.9 Å². The van der Waals surface area contributed by atoms with E-state index in [2.05, 4.69) is 17.1 Å². The van der Waals surface area contributed by atoms with Crippen LogP contribution in [0.5, 0.6) is 5.75 Å². The fraction of sp³-hybridized carbons (Fsp3) is 0.600. The molecule has 1 saturated heterocycles. The summed E-state index contributed by atoms with van der Waals surface area (Å²) in [6, 6.07) is 3.73. The van der Waals surface area contributed by atoms with Crippen molar-refractivity contribution in [2.45, 2.75) is 19.8 Å². The summed E-state index contributed by atoms with van der Waals surface area (Å²) in [6.07, 6.45) is 1.88. The van der Waals surface area contributed by atoms with Gasteiger partial charge in [-0.3, -0.25) is 0 Å². The van der Waals surface area contributed by atoms with Gasteiger partial charge in [-0.2, -0.15) is 0 Å². The lowest BCUT2D eigenvalue weighted by molar-refractivity contribution is 0.242. The Hall–Kier alpha value is -0.480. The van der Waals surface area contributed by atoms with E-state index >= 15 is 0 Å². The predicted molar refractivity (Wildman–Crippen MR) is 85.3 cm³/mol. The molecule has 1 aliphatic heterocycles.